The van der Waals surface area contributed by atoms with E-state index in [4.69, 9.17) is 0 Å². The molecule has 0 saturated carbocycles. The Labute approximate surface area is 146 Å². The highest BCUT2D eigenvalue weighted by atomic mass is 32.2. The van der Waals surface area contributed by atoms with E-state index >= 15 is 0 Å². The molecule has 0 bridgehead atoms. The van der Waals surface area contributed by atoms with Crippen molar-refractivity contribution in [2.45, 2.75) is 18.0 Å². The van der Waals surface area contributed by atoms with Crippen molar-refractivity contribution < 1.29 is 17.9 Å². The highest BCUT2D eigenvalue weighted by Crippen LogP contribution is 2.45. The molecular formula is C18H17FN2O3S. The lowest BCUT2D eigenvalue weighted by Crippen LogP contribution is -2.64. The molecule has 1 saturated heterocycles. The summed E-state index contributed by atoms with van der Waals surface area (Å²) in [6.45, 7) is -0.415. The molecule has 2 aromatic rings. The molecule has 130 valence electrons. The fraction of sp³-hybridized carbons (Fsp3) is 0.278. The van der Waals surface area contributed by atoms with E-state index in [-0.39, 0.29) is 0 Å². The van der Waals surface area contributed by atoms with Crippen LogP contribution in [0.3, 0.4) is 0 Å². The Bertz CT molecular complexity index is 939. The van der Waals surface area contributed by atoms with Gasteiger partial charge in [-0.15, -0.1) is 0 Å². The van der Waals surface area contributed by atoms with Crippen molar-refractivity contribution >= 4 is 10.0 Å². The Balaban J connectivity index is 2.12. The zero-order valence-corrected chi connectivity index (χ0v) is 14.3. The number of nitriles is 1. The van der Waals surface area contributed by atoms with Gasteiger partial charge >= 0.3 is 0 Å². The molecule has 3 rings (SSSR count). The molecule has 0 unspecified atom stereocenters. The van der Waals surface area contributed by atoms with Gasteiger partial charge in [0.15, 0.2) is 0 Å². The van der Waals surface area contributed by atoms with Gasteiger partial charge in [-0.1, -0.05) is 42.5 Å². The molecule has 3 atom stereocenters. The minimum atomic E-state index is -3.64. The van der Waals surface area contributed by atoms with E-state index in [1.54, 1.807) is 42.5 Å². The van der Waals surface area contributed by atoms with Gasteiger partial charge in [0, 0.05) is 11.5 Å². The first kappa shape index (κ1) is 17.5. The quantitative estimate of drug-likeness (QED) is 0.905. The van der Waals surface area contributed by atoms with Gasteiger partial charge in [-0.05, 0) is 17.2 Å². The van der Waals surface area contributed by atoms with E-state index in [0.29, 0.717) is 16.7 Å². The molecule has 0 spiro atoms. The average Bonchev–Trinajstić information content (AvgIpc) is 2.54. The minimum Gasteiger partial charge on any atom is -0.395 e. The zero-order valence-electron chi connectivity index (χ0n) is 13.5. The second kappa shape index (κ2) is 6.56. The molecule has 0 aromatic heterocycles. The predicted molar refractivity (Wildman–Crippen MR) is 91.5 cm³/mol. The van der Waals surface area contributed by atoms with E-state index in [1.807, 2.05) is 6.07 Å². The van der Waals surface area contributed by atoms with Gasteiger partial charge in [0.25, 0.3) is 0 Å². The zero-order chi connectivity index (χ0) is 18.2. The van der Waals surface area contributed by atoms with Gasteiger partial charge in [-0.3, -0.25) is 0 Å². The number of sulfonamides is 1. The SMILES string of the molecule is CS(=O)(=O)N1[C@H](C#N)[C@@H](c2ccccc2-c2ccccc2F)[C@H]1CO. The number of aliphatic hydroxyl groups excluding tert-OH is 1. The van der Waals surface area contributed by atoms with Gasteiger partial charge in [0.1, 0.15) is 11.9 Å². The number of hydrogen-bond acceptors (Lipinski definition) is 4. The third-order valence-electron chi connectivity index (χ3n) is 4.54. The summed E-state index contributed by atoms with van der Waals surface area (Å²) in [6, 6.07) is 13.6. The Hall–Kier alpha value is -2.27. The topological polar surface area (TPSA) is 81.4 Å². The molecule has 2 aromatic carbocycles. The molecule has 1 N–H and O–H groups in total. The van der Waals surface area contributed by atoms with Crippen LogP contribution in [-0.4, -0.2) is 42.8 Å². The largest absolute Gasteiger partial charge is 0.395 e. The maximum Gasteiger partial charge on any atom is 0.212 e. The van der Waals surface area contributed by atoms with Crippen molar-refractivity contribution in [3.8, 4) is 17.2 Å². The second-order valence-electron chi connectivity index (χ2n) is 6.01. The van der Waals surface area contributed by atoms with Crippen LogP contribution in [0.2, 0.25) is 0 Å². The molecule has 1 fully saturated rings. The fourth-order valence-electron chi connectivity index (χ4n) is 3.51. The Morgan fingerprint density at radius 3 is 2.32 bits per heavy atom. The Morgan fingerprint density at radius 2 is 1.76 bits per heavy atom. The van der Waals surface area contributed by atoms with Crippen LogP contribution in [0, 0.1) is 17.1 Å². The van der Waals surface area contributed by atoms with Crippen molar-refractivity contribution in [1.29, 1.82) is 5.26 Å². The van der Waals surface area contributed by atoms with E-state index in [0.717, 1.165) is 10.6 Å². The number of halogens is 1. The number of rotatable bonds is 4. The molecular weight excluding hydrogens is 343 g/mol. The van der Waals surface area contributed by atoms with E-state index in [9.17, 15) is 23.2 Å². The molecule has 7 heteroatoms. The van der Waals surface area contributed by atoms with Crippen LogP contribution >= 0.6 is 0 Å². The number of nitrogens with zero attached hydrogens (tertiary/aromatic N) is 2. The first-order chi connectivity index (χ1) is 11.9. The highest BCUT2D eigenvalue weighted by Gasteiger charge is 2.54. The number of benzene rings is 2. The van der Waals surface area contributed by atoms with Crippen LogP contribution in [-0.2, 0) is 10.0 Å². The van der Waals surface area contributed by atoms with Crippen molar-refractivity contribution in [3.05, 3.63) is 59.9 Å². The van der Waals surface area contributed by atoms with E-state index in [1.165, 1.54) is 6.07 Å². The first-order valence-electron chi connectivity index (χ1n) is 7.73. The number of hydrogen-bond donors (Lipinski definition) is 1. The van der Waals surface area contributed by atoms with E-state index < -0.39 is 40.4 Å². The summed E-state index contributed by atoms with van der Waals surface area (Å²) in [5.41, 5.74) is 1.62. The van der Waals surface area contributed by atoms with E-state index in [2.05, 4.69) is 0 Å². The normalized spacial score (nSPS) is 23.7. The molecule has 1 aliphatic rings. The van der Waals surface area contributed by atoms with Crippen molar-refractivity contribution in [1.82, 2.24) is 4.31 Å². The summed E-state index contributed by atoms with van der Waals surface area (Å²) in [5, 5.41) is 19.2. The number of aliphatic hydroxyl groups is 1. The first-order valence-corrected chi connectivity index (χ1v) is 9.57. The average molecular weight is 360 g/mol. The second-order valence-corrected chi connectivity index (χ2v) is 7.90. The van der Waals surface area contributed by atoms with Crippen molar-refractivity contribution in [3.63, 3.8) is 0 Å². The summed E-state index contributed by atoms with van der Waals surface area (Å²) < 4.78 is 39.2. The van der Waals surface area contributed by atoms with Crippen molar-refractivity contribution in [2.24, 2.45) is 0 Å². The summed E-state index contributed by atoms with van der Waals surface area (Å²) in [4.78, 5) is 0. The maximum absolute atomic E-state index is 14.2. The van der Waals surface area contributed by atoms with Gasteiger partial charge in [-0.2, -0.15) is 9.57 Å². The summed E-state index contributed by atoms with van der Waals surface area (Å²) in [6.07, 6.45) is 1.01. The highest BCUT2D eigenvalue weighted by molar-refractivity contribution is 7.88. The Morgan fingerprint density at radius 1 is 1.16 bits per heavy atom. The molecule has 5 nitrogen and oxygen atoms in total. The lowest BCUT2D eigenvalue weighted by atomic mass is 9.75. The van der Waals surface area contributed by atoms with Gasteiger partial charge in [0.2, 0.25) is 10.0 Å². The van der Waals surface area contributed by atoms with Crippen LogP contribution in [0.25, 0.3) is 11.1 Å². The van der Waals surface area contributed by atoms with Gasteiger partial charge in [0.05, 0.1) is 25.0 Å². The van der Waals surface area contributed by atoms with Gasteiger partial charge in [-0.25, -0.2) is 12.8 Å². The van der Waals surface area contributed by atoms with Crippen LogP contribution in [0.1, 0.15) is 11.5 Å². The summed E-state index contributed by atoms with van der Waals surface area (Å²) in [5.74, 6) is -0.927. The summed E-state index contributed by atoms with van der Waals surface area (Å²) >= 11 is 0. The van der Waals surface area contributed by atoms with Crippen LogP contribution < -0.4 is 0 Å². The third kappa shape index (κ3) is 2.93. The molecule has 25 heavy (non-hydrogen) atoms. The summed E-state index contributed by atoms with van der Waals surface area (Å²) in [7, 11) is -3.64. The third-order valence-corrected chi connectivity index (χ3v) is 5.81. The molecule has 1 aliphatic heterocycles. The van der Waals surface area contributed by atoms with Crippen LogP contribution in [0.15, 0.2) is 48.5 Å². The standard InChI is InChI=1S/C18H17FN2O3S/c1-25(23,24)21-16(10-20)18(17(21)11-22)14-8-3-2-6-12(14)13-7-4-5-9-15(13)19/h2-9,16-18,22H,11H2,1H3/t16-,17-,18-/m1/s1. The predicted octanol–water partition coefficient (Wildman–Crippen LogP) is 2.10. The lowest BCUT2D eigenvalue weighted by molar-refractivity contribution is 0.0566. The fourth-order valence-corrected chi connectivity index (χ4v) is 4.79. The van der Waals surface area contributed by atoms with Crippen LogP contribution in [0.5, 0.6) is 0 Å². The molecule has 0 radical (unpaired) electrons. The minimum absolute atomic E-state index is 0.379. The monoisotopic (exact) mass is 360 g/mol. The Kier molecular flexibility index (Phi) is 4.60. The van der Waals surface area contributed by atoms with Crippen molar-refractivity contribution in [2.75, 3.05) is 12.9 Å². The molecule has 0 aliphatic carbocycles. The van der Waals surface area contributed by atoms with Gasteiger partial charge < -0.3 is 5.11 Å². The molecule has 0 amide bonds. The maximum atomic E-state index is 14.2. The smallest absolute Gasteiger partial charge is 0.212 e. The molecule has 1 heterocycles. The van der Waals surface area contributed by atoms with Crippen LogP contribution in [0.4, 0.5) is 4.39 Å². The lowest BCUT2D eigenvalue weighted by Gasteiger charge is -2.50.